The van der Waals surface area contributed by atoms with Crippen molar-refractivity contribution in [2.75, 3.05) is 32.7 Å². The topological polar surface area (TPSA) is 26.7 Å². The Balaban J connectivity index is 1.77. The summed E-state index contributed by atoms with van der Waals surface area (Å²) < 4.78 is 0. The molecule has 1 aliphatic heterocycles. The number of hydrogen-bond acceptors (Lipinski definition) is 3. The van der Waals surface area contributed by atoms with Gasteiger partial charge in [-0.15, -0.1) is 0 Å². The lowest BCUT2D eigenvalue weighted by Gasteiger charge is -2.40. The molecule has 3 nitrogen and oxygen atoms in total. The second-order valence-corrected chi connectivity index (χ2v) is 5.77. The molecule has 1 saturated heterocycles. The number of rotatable bonds is 5. The van der Waals surface area contributed by atoms with Crippen LogP contribution in [0.25, 0.3) is 6.08 Å². The van der Waals surface area contributed by atoms with Crippen molar-refractivity contribution in [1.82, 2.24) is 9.80 Å². The van der Waals surface area contributed by atoms with Crippen LogP contribution in [-0.4, -0.2) is 59.8 Å². The van der Waals surface area contributed by atoms with Crippen LogP contribution in [0.2, 0.25) is 0 Å². The number of β-amino-alcohol motifs (C(OH)–C–C–N with tert-alkyl or cyclic N) is 1. The van der Waals surface area contributed by atoms with Crippen LogP contribution in [0.1, 0.15) is 19.4 Å². The zero-order valence-corrected chi connectivity index (χ0v) is 12.6. The zero-order chi connectivity index (χ0) is 14.4. The number of piperazine rings is 1. The van der Waals surface area contributed by atoms with Gasteiger partial charge in [-0.2, -0.15) is 0 Å². The molecule has 0 spiro atoms. The fraction of sp³-hybridized carbons (Fsp3) is 0.529. The van der Waals surface area contributed by atoms with Gasteiger partial charge in [0.25, 0.3) is 0 Å². The third-order valence-electron chi connectivity index (χ3n) is 3.82. The van der Waals surface area contributed by atoms with Crippen molar-refractivity contribution >= 4 is 6.08 Å². The Labute approximate surface area is 122 Å². The van der Waals surface area contributed by atoms with Crippen molar-refractivity contribution in [3.05, 3.63) is 42.0 Å². The molecule has 3 heteroatoms. The van der Waals surface area contributed by atoms with Crippen LogP contribution in [0.5, 0.6) is 0 Å². The van der Waals surface area contributed by atoms with E-state index in [-0.39, 0.29) is 6.10 Å². The van der Waals surface area contributed by atoms with Crippen LogP contribution in [0.15, 0.2) is 36.4 Å². The number of nitrogens with zero attached hydrogens (tertiary/aromatic N) is 2. The number of aliphatic hydroxyl groups is 1. The maximum atomic E-state index is 9.49. The maximum absolute atomic E-state index is 9.49. The van der Waals surface area contributed by atoms with Gasteiger partial charge in [0.2, 0.25) is 0 Å². The summed E-state index contributed by atoms with van der Waals surface area (Å²) in [6, 6.07) is 10.9. The summed E-state index contributed by atoms with van der Waals surface area (Å²) in [5.74, 6) is 0. The molecule has 0 unspecified atom stereocenters. The molecular formula is C17H26N2O. The Morgan fingerprint density at radius 1 is 1.30 bits per heavy atom. The first-order chi connectivity index (χ1) is 9.65. The predicted molar refractivity (Wildman–Crippen MR) is 84.6 cm³/mol. The Morgan fingerprint density at radius 3 is 2.70 bits per heavy atom. The van der Waals surface area contributed by atoms with Gasteiger partial charge in [-0.05, 0) is 19.4 Å². The average molecular weight is 274 g/mol. The van der Waals surface area contributed by atoms with Crippen molar-refractivity contribution in [1.29, 1.82) is 0 Å². The highest BCUT2D eigenvalue weighted by atomic mass is 16.3. The molecule has 1 aromatic carbocycles. The van der Waals surface area contributed by atoms with Gasteiger partial charge in [0.15, 0.2) is 0 Å². The molecule has 1 fully saturated rings. The molecule has 110 valence electrons. The van der Waals surface area contributed by atoms with E-state index in [0.29, 0.717) is 6.04 Å². The van der Waals surface area contributed by atoms with Crippen LogP contribution in [0.3, 0.4) is 0 Å². The van der Waals surface area contributed by atoms with Gasteiger partial charge < -0.3 is 5.11 Å². The molecule has 0 bridgehead atoms. The van der Waals surface area contributed by atoms with Crippen LogP contribution < -0.4 is 0 Å². The lowest BCUT2D eigenvalue weighted by atomic mass is 10.1. The van der Waals surface area contributed by atoms with E-state index in [9.17, 15) is 5.11 Å². The third-order valence-corrected chi connectivity index (χ3v) is 3.82. The zero-order valence-electron chi connectivity index (χ0n) is 12.6. The van der Waals surface area contributed by atoms with E-state index in [1.54, 1.807) is 0 Å². The maximum Gasteiger partial charge on any atom is 0.0639 e. The summed E-state index contributed by atoms with van der Waals surface area (Å²) >= 11 is 0. The Bertz CT molecular complexity index is 416. The number of benzene rings is 1. The summed E-state index contributed by atoms with van der Waals surface area (Å²) in [6.07, 6.45) is 4.20. The summed E-state index contributed by atoms with van der Waals surface area (Å²) in [5, 5.41) is 9.49. The Morgan fingerprint density at radius 2 is 2.05 bits per heavy atom. The van der Waals surface area contributed by atoms with Crippen molar-refractivity contribution < 1.29 is 5.11 Å². The van der Waals surface area contributed by atoms with E-state index in [1.807, 2.05) is 13.0 Å². The highest BCUT2D eigenvalue weighted by Crippen LogP contribution is 2.10. The van der Waals surface area contributed by atoms with Gasteiger partial charge in [-0.1, -0.05) is 42.5 Å². The van der Waals surface area contributed by atoms with E-state index < -0.39 is 0 Å². The first-order valence-corrected chi connectivity index (χ1v) is 7.51. The SMILES string of the molecule is C[C@H](O)CN1CCN(C/C=C\c2ccccc2)C[C@H]1C. The summed E-state index contributed by atoms with van der Waals surface area (Å²) in [4.78, 5) is 4.85. The van der Waals surface area contributed by atoms with E-state index >= 15 is 0 Å². The fourth-order valence-corrected chi connectivity index (χ4v) is 2.75. The van der Waals surface area contributed by atoms with Crippen LogP contribution >= 0.6 is 0 Å². The van der Waals surface area contributed by atoms with Crippen LogP contribution in [0.4, 0.5) is 0 Å². The molecule has 0 amide bonds. The smallest absolute Gasteiger partial charge is 0.0639 e. The Hall–Kier alpha value is -1.16. The van der Waals surface area contributed by atoms with Crippen LogP contribution in [-0.2, 0) is 0 Å². The predicted octanol–water partition coefficient (Wildman–Crippen LogP) is 2.09. The normalized spacial score (nSPS) is 23.2. The molecule has 2 rings (SSSR count). The lowest BCUT2D eigenvalue weighted by Crippen LogP contribution is -2.53. The average Bonchev–Trinajstić information content (AvgIpc) is 2.43. The fourth-order valence-electron chi connectivity index (χ4n) is 2.75. The standard InChI is InChI=1S/C17H26N2O/c1-15-13-18(11-12-19(15)14-16(2)20)10-6-9-17-7-4-3-5-8-17/h3-9,15-16,20H,10-14H2,1-2H3/b9-6-/t15-,16+/m1/s1. The molecule has 1 N–H and O–H groups in total. The minimum Gasteiger partial charge on any atom is -0.392 e. The highest BCUT2D eigenvalue weighted by Gasteiger charge is 2.23. The third kappa shape index (κ3) is 4.75. The van der Waals surface area contributed by atoms with E-state index in [1.165, 1.54) is 5.56 Å². The second kappa shape index (κ2) is 7.58. The second-order valence-electron chi connectivity index (χ2n) is 5.77. The number of hydrogen-bond donors (Lipinski definition) is 1. The Kier molecular flexibility index (Phi) is 5.77. The quantitative estimate of drug-likeness (QED) is 0.890. The molecular weight excluding hydrogens is 248 g/mol. The minimum atomic E-state index is -0.234. The van der Waals surface area contributed by atoms with Crippen molar-refractivity contribution in [2.45, 2.75) is 26.0 Å². The summed E-state index contributed by atoms with van der Waals surface area (Å²) in [6.45, 7) is 9.10. The van der Waals surface area contributed by atoms with Gasteiger partial charge in [-0.25, -0.2) is 0 Å². The molecule has 0 aromatic heterocycles. The summed E-state index contributed by atoms with van der Waals surface area (Å²) in [7, 11) is 0. The highest BCUT2D eigenvalue weighted by molar-refractivity contribution is 5.48. The van der Waals surface area contributed by atoms with Gasteiger partial charge >= 0.3 is 0 Å². The lowest BCUT2D eigenvalue weighted by molar-refractivity contribution is 0.0495. The summed E-state index contributed by atoms with van der Waals surface area (Å²) in [5.41, 5.74) is 1.26. The van der Waals surface area contributed by atoms with Gasteiger partial charge in [0.05, 0.1) is 6.10 Å². The largest absolute Gasteiger partial charge is 0.392 e. The molecule has 1 aliphatic rings. The monoisotopic (exact) mass is 274 g/mol. The first-order valence-electron chi connectivity index (χ1n) is 7.51. The van der Waals surface area contributed by atoms with E-state index in [0.717, 1.165) is 32.7 Å². The molecule has 2 atom stereocenters. The van der Waals surface area contributed by atoms with E-state index in [2.05, 4.69) is 53.1 Å². The molecule has 20 heavy (non-hydrogen) atoms. The molecule has 0 aliphatic carbocycles. The van der Waals surface area contributed by atoms with Crippen molar-refractivity contribution in [3.8, 4) is 0 Å². The molecule has 0 saturated carbocycles. The van der Waals surface area contributed by atoms with Crippen LogP contribution in [0, 0.1) is 0 Å². The molecule has 0 radical (unpaired) electrons. The van der Waals surface area contributed by atoms with Gasteiger partial charge in [-0.3, -0.25) is 9.80 Å². The number of aliphatic hydroxyl groups excluding tert-OH is 1. The first kappa shape index (κ1) is 15.2. The van der Waals surface area contributed by atoms with Gasteiger partial charge in [0, 0.05) is 38.8 Å². The van der Waals surface area contributed by atoms with Gasteiger partial charge in [0.1, 0.15) is 0 Å². The molecule has 1 aromatic rings. The van der Waals surface area contributed by atoms with Crippen molar-refractivity contribution in [2.24, 2.45) is 0 Å². The van der Waals surface area contributed by atoms with Crippen molar-refractivity contribution in [3.63, 3.8) is 0 Å². The minimum absolute atomic E-state index is 0.234. The molecule has 1 heterocycles. The van der Waals surface area contributed by atoms with E-state index in [4.69, 9.17) is 0 Å².